The van der Waals surface area contributed by atoms with Gasteiger partial charge in [-0.2, -0.15) is 4.31 Å². The van der Waals surface area contributed by atoms with Crippen LogP contribution in [0.25, 0.3) is 0 Å². The number of aryl methyl sites for hydroxylation is 1. The number of ether oxygens (including phenoxy) is 1. The molecule has 1 fully saturated rings. The summed E-state index contributed by atoms with van der Waals surface area (Å²) in [6.45, 7) is 4.29. The third-order valence-corrected chi connectivity index (χ3v) is 6.59. The van der Waals surface area contributed by atoms with E-state index >= 15 is 0 Å². The number of amides is 1. The van der Waals surface area contributed by atoms with Gasteiger partial charge in [0, 0.05) is 26.2 Å². The molecule has 0 bridgehead atoms. The minimum Gasteiger partial charge on any atom is -0.481 e. The molecule has 1 aliphatic rings. The van der Waals surface area contributed by atoms with Gasteiger partial charge in [-0.15, -0.1) is 0 Å². The predicted octanol–water partition coefficient (Wildman–Crippen LogP) is 2.43. The SMILES string of the molecule is Cc1cccc(O[C@@H](C)C(=O)N2CCN(S(=O)(=O)c3ccccc3F)CC2)c1. The van der Waals surface area contributed by atoms with Crippen LogP contribution in [0.2, 0.25) is 0 Å². The van der Waals surface area contributed by atoms with E-state index in [0.717, 1.165) is 11.6 Å². The highest BCUT2D eigenvalue weighted by Crippen LogP contribution is 2.21. The van der Waals surface area contributed by atoms with Crippen LogP contribution in [0.5, 0.6) is 5.75 Å². The summed E-state index contributed by atoms with van der Waals surface area (Å²) in [7, 11) is -3.93. The molecule has 1 aliphatic heterocycles. The van der Waals surface area contributed by atoms with Crippen LogP contribution in [0.3, 0.4) is 0 Å². The first-order valence-electron chi connectivity index (χ1n) is 9.06. The molecule has 0 N–H and O–H groups in total. The van der Waals surface area contributed by atoms with Crippen molar-refractivity contribution in [3.05, 3.63) is 59.9 Å². The van der Waals surface area contributed by atoms with Crippen LogP contribution < -0.4 is 4.74 Å². The van der Waals surface area contributed by atoms with E-state index in [1.165, 1.54) is 22.5 Å². The molecule has 0 radical (unpaired) electrons. The molecule has 2 aromatic rings. The molecule has 1 heterocycles. The average Bonchev–Trinajstić information content (AvgIpc) is 2.67. The van der Waals surface area contributed by atoms with Crippen molar-refractivity contribution >= 4 is 15.9 Å². The molecule has 0 unspecified atom stereocenters. The summed E-state index contributed by atoms with van der Waals surface area (Å²) >= 11 is 0. The normalized spacial score (nSPS) is 16.6. The van der Waals surface area contributed by atoms with E-state index < -0.39 is 21.9 Å². The second-order valence-electron chi connectivity index (χ2n) is 6.74. The Morgan fingerprint density at radius 2 is 1.75 bits per heavy atom. The molecule has 0 spiro atoms. The fourth-order valence-corrected chi connectivity index (χ4v) is 4.63. The third kappa shape index (κ3) is 4.34. The number of carbonyl (C=O) groups is 1. The fraction of sp³-hybridized carbons (Fsp3) is 0.350. The number of rotatable bonds is 5. The van der Waals surface area contributed by atoms with E-state index in [2.05, 4.69) is 0 Å². The second-order valence-corrected chi connectivity index (χ2v) is 8.64. The molecule has 150 valence electrons. The van der Waals surface area contributed by atoms with Crippen molar-refractivity contribution in [1.29, 1.82) is 0 Å². The molecule has 1 amide bonds. The van der Waals surface area contributed by atoms with Gasteiger partial charge in [0.2, 0.25) is 10.0 Å². The van der Waals surface area contributed by atoms with Crippen molar-refractivity contribution in [1.82, 2.24) is 9.21 Å². The lowest BCUT2D eigenvalue weighted by Gasteiger charge is -2.35. The van der Waals surface area contributed by atoms with Crippen LogP contribution in [-0.2, 0) is 14.8 Å². The number of halogens is 1. The summed E-state index contributed by atoms with van der Waals surface area (Å²) in [6.07, 6.45) is -0.684. The molecule has 0 saturated carbocycles. The van der Waals surface area contributed by atoms with Crippen LogP contribution in [0.4, 0.5) is 4.39 Å². The maximum absolute atomic E-state index is 13.9. The van der Waals surface area contributed by atoms with E-state index in [-0.39, 0.29) is 37.0 Å². The Kier molecular flexibility index (Phi) is 6.00. The lowest BCUT2D eigenvalue weighted by Crippen LogP contribution is -2.53. The standard InChI is InChI=1S/C20H23FN2O4S/c1-15-6-5-7-17(14-15)27-16(2)20(24)22-10-12-23(13-11-22)28(25,26)19-9-4-3-8-18(19)21/h3-9,14,16H,10-13H2,1-2H3/t16-/m0/s1. The van der Waals surface area contributed by atoms with Crippen LogP contribution in [-0.4, -0.2) is 55.8 Å². The number of hydrogen-bond donors (Lipinski definition) is 0. The molecule has 28 heavy (non-hydrogen) atoms. The van der Waals surface area contributed by atoms with Crippen molar-refractivity contribution in [2.75, 3.05) is 26.2 Å². The van der Waals surface area contributed by atoms with Crippen LogP contribution >= 0.6 is 0 Å². The number of piperazine rings is 1. The molecule has 6 nitrogen and oxygen atoms in total. The van der Waals surface area contributed by atoms with E-state index in [9.17, 15) is 17.6 Å². The van der Waals surface area contributed by atoms with Crippen molar-refractivity contribution < 1.29 is 22.3 Å². The first-order chi connectivity index (χ1) is 13.3. The summed E-state index contributed by atoms with van der Waals surface area (Å²) in [6, 6.07) is 12.7. The number of carbonyl (C=O) groups excluding carboxylic acids is 1. The Bertz CT molecular complexity index is 956. The molecule has 2 aromatic carbocycles. The molecular formula is C20H23FN2O4S. The van der Waals surface area contributed by atoms with Gasteiger partial charge in [-0.3, -0.25) is 4.79 Å². The Labute approximate surface area is 164 Å². The summed E-state index contributed by atoms with van der Waals surface area (Å²) in [5.41, 5.74) is 1.03. The largest absolute Gasteiger partial charge is 0.481 e. The zero-order valence-corrected chi connectivity index (χ0v) is 16.7. The summed E-state index contributed by atoms with van der Waals surface area (Å²) < 4.78 is 46.1. The molecule has 3 rings (SSSR count). The molecular weight excluding hydrogens is 383 g/mol. The van der Waals surface area contributed by atoms with Crippen molar-refractivity contribution in [2.24, 2.45) is 0 Å². The molecule has 1 atom stereocenters. The molecule has 8 heteroatoms. The summed E-state index contributed by atoms with van der Waals surface area (Å²) in [4.78, 5) is 13.9. The molecule has 1 saturated heterocycles. The molecule has 0 aliphatic carbocycles. The third-order valence-electron chi connectivity index (χ3n) is 4.65. The molecule has 0 aromatic heterocycles. The van der Waals surface area contributed by atoms with Gasteiger partial charge in [-0.05, 0) is 43.7 Å². The quantitative estimate of drug-likeness (QED) is 0.765. The van der Waals surface area contributed by atoms with Gasteiger partial charge in [-0.1, -0.05) is 24.3 Å². The maximum Gasteiger partial charge on any atom is 0.263 e. The first kappa shape index (κ1) is 20.3. The maximum atomic E-state index is 13.9. The van der Waals surface area contributed by atoms with Crippen molar-refractivity contribution in [3.63, 3.8) is 0 Å². The number of nitrogens with zero attached hydrogens (tertiary/aromatic N) is 2. The minimum atomic E-state index is -3.93. The predicted molar refractivity (Wildman–Crippen MR) is 103 cm³/mol. The van der Waals surface area contributed by atoms with Crippen molar-refractivity contribution in [3.8, 4) is 5.75 Å². The topological polar surface area (TPSA) is 66.9 Å². The Morgan fingerprint density at radius 3 is 2.39 bits per heavy atom. The highest BCUT2D eigenvalue weighted by atomic mass is 32.2. The Balaban J connectivity index is 1.61. The summed E-state index contributed by atoms with van der Waals surface area (Å²) in [5.74, 6) is -0.368. The van der Waals surface area contributed by atoms with Crippen molar-refractivity contribution in [2.45, 2.75) is 24.8 Å². The number of hydrogen-bond acceptors (Lipinski definition) is 4. The van der Waals surface area contributed by atoms with Gasteiger partial charge in [0.1, 0.15) is 16.5 Å². The zero-order valence-electron chi connectivity index (χ0n) is 15.8. The van der Waals surface area contributed by atoms with Crippen LogP contribution in [0, 0.1) is 12.7 Å². The smallest absolute Gasteiger partial charge is 0.263 e. The van der Waals surface area contributed by atoms with E-state index in [1.807, 2.05) is 25.1 Å². The van der Waals surface area contributed by atoms with Gasteiger partial charge in [-0.25, -0.2) is 12.8 Å². The van der Waals surface area contributed by atoms with E-state index in [4.69, 9.17) is 4.74 Å². The van der Waals surface area contributed by atoms with Crippen LogP contribution in [0.15, 0.2) is 53.4 Å². The number of sulfonamides is 1. The van der Waals surface area contributed by atoms with Crippen LogP contribution in [0.1, 0.15) is 12.5 Å². The minimum absolute atomic E-state index is 0.111. The highest BCUT2D eigenvalue weighted by Gasteiger charge is 2.33. The van der Waals surface area contributed by atoms with Gasteiger partial charge in [0.15, 0.2) is 6.10 Å². The van der Waals surface area contributed by atoms with Gasteiger partial charge < -0.3 is 9.64 Å². The van der Waals surface area contributed by atoms with Gasteiger partial charge >= 0.3 is 0 Å². The monoisotopic (exact) mass is 406 g/mol. The summed E-state index contributed by atoms with van der Waals surface area (Å²) in [5, 5.41) is 0. The lowest BCUT2D eigenvalue weighted by molar-refractivity contribution is -0.139. The van der Waals surface area contributed by atoms with Gasteiger partial charge in [0.25, 0.3) is 5.91 Å². The second kappa shape index (κ2) is 8.28. The lowest BCUT2D eigenvalue weighted by atomic mass is 10.2. The number of benzene rings is 2. The Hall–Kier alpha value is -2.45. The van der Waals surface area contributed by atoms with Gasteiger partial charge in [0.05, 0.1) is 0 Å². The van der Waals surface area contributed by atoms with E-state index in [1.54, 1.807) is 17.9 Å². The fourth-order valence-electron chi connectivity index (χ4n) is 3.14. The average molecular weight is 406 g/mol. The van der Waals surface area contributed by atoms with E-state index in [0.29, 0.717) is 5.75 Å². The first-order valence-corrected chi connectivity index (χ1v) is 10.5. The Morgan fingerprint density at radius 1 is 1.07 bits per heavy atom. The highest BCUT2D eigenvalue weighted by molar-refractivity contribution is 7.89. The zero-order chi connectivity index (χ0) is 20.3.